The molecule has 1 fully saturated rings. The molecule has 5 heteroatoms. The van der Waals surface area contributed by atoms with E-state index in [0.717, 1.165) is 29.5 Å². The lowest BCUT2D eigenvalue weighted by Gasteiger charge is -2.30. The molecule has 0 aliphatic carbocycles. The van der Waals surface area contributed by atoms with E-state index in [9.17, 15) is 4.79 Å². The quantitative estimate of drug-likeness (QED) is 0.712. The normalized spacial score (nSPS) is 14.4. The Morgan fingerprint density at radius 1 is 1.00 bits per heavy atom. The zero-order valence-electron chi connectivity index (χ0n) is 14.4. The average Bonchev–Trinajstić information content (AvgIpc) is 2.68. The molecule has 0 unspecified atom stereocenters. The summed E-state index contributed by atoms with van der Waals surface area (Å²) in [5.41, 5.74) is 9.21. The van der Waals surface area contributed by atoms with Gasteiger partial charge >= 0.3 is 0 Å². The second-order valence-electron chi connectivity index (χ2n) is 6.35. The van der Waals surface area contributed by atoms with Gasteiger partial charge in [0.15, 0.2) is 0 Å². The van der Waals surface area contributed by atoms with Crippen molar-refractivity contribution in [2.45, 2.75) is 0 Å². The third kappa shape index (κ3) is 3.21. The fourth-order valence-corrected chi connectivity index (χ4v) is 3.35. The zero-order chi connectivity index (χ0) is 17.9. The minimum Gasteiger partial charge on any atom is -0.397 e. The van der Waals surface area contributed by atoms with Crippen molar-refractivity contribution in [3.63, 3.8) is 0 Å². The lowest BCUT2D eigenvalue weighted by Crippen LogP contribution is -2.36. The fourth-order valence-electron chi connectivity index (χ4n) is 3.35. The summed E-state index contributed by atoms with van der Waals surface area (Å²) in [6, 6.07) is 19.3. The van der Waals surface area contributed by atoms with Gasteiger partial charge in [-0.1, -0.05) is 36.4 Å². The van der Waals surface area contributed by atoms with Crippen molar-refractivity contribution < 1.29 is 9.53 Å². The molecule has 0 bridgehead atoms. The molecule has 4 rings (SSSR count). The van der Waals surface area contributed by atoms with E-state index in [4.69, 9.17) is 10.5 Å². The van der Waals surface area contributed by atoms with Crippen molar-refractivity contribution in [1.29, 1.82) is 0 Å². The Labute approximate surface area is 152 Å². The highest BCUT2D eigenvalue weighted by atomic mass is 16.5. The second-order valence-corrected chi connectivity index (χ2v) is 6.35. The predicted molar refractivity (Wildman–Crippen MR) is 106 cm³/mol. The molecule has 132 valence electrons. The minimum atomic E-state index is -0.139. The number of nitrogen functional groups attached to an aromatic ring is 1. The van der Waals surface area contributed by atoms with E-state index < -0.39 is 0 Å². The number of hydrogen-bond acceptors (Lipinski definition) is 4. The molecule has 5 nitrogen and oxygen atoms in total. The monoisotopic (exact) mass is 347 g/mol. The zero-order valence-corrected chi connectivity index (χ0v) is 14.4. The maximum absolute atomic E-state index is 12.7. The average molecular weight is 347 g/mol. The van der Waals surface area contributed by atoms with Gasteiger partial charge in [-0.2, -0.15) is 0 Å². The summed E-state index contributed by atoms with van der Waals surface area (Å²) < 4.78 is 5.38. The maximum Gasteiger partial charge on any atom is 0.256 e. The Bertz CT molecular complexity index is 944. The lowest BCUT2D eigenvalue weighted by atomic mass is 10.0. The number of amides is 1. The third-order valence-electron chi connectivity index (χ3n) is 4.67. The highest BCUT2D eigenvalue weighted by Crippen LogP contribution is 2.28. The summed E-state index contributed by atoms with van der Waals surface area (Å²) in [6.07, 6.45) is 0. The van der Waals surface area contributed by atoms with Crippen molar-refractivity contribution in [2.24, 2.45) is 0 Å². The Balaban J connectivity index is 1.57. The van der Waals surface area contributed by atoms with E-state index in [1.54, 1.807) is 0 Å². The summed E-state index contributed by atoms with van der Waals surface area (Å²) in [5, 5.41) is 4.94. The highest BCUT2D eigenvalue weighted by Gasteiger charge is 2.15. The number of nitrogens with two attached hydrogens (primary N) is 1. The Morgan fingerprint density at radius 3 is 2.58 bits per heavy atom. The lowest BCUT2D eigenvalue weighted by molar-refractivity contribution is 0.102. The number of hydrogen-bond donors (Lipinski definition) is 2. The first-order valence-corrected chi connectivity index (χ1v) is 8.74. The molecule has 0 aromatic heterocycles. The van der Waals surface area contributed by atoms with Crippen molar-refractivity contribution >= 4 is 33.7 Å². The molecular weight excluding hydrogens is 326 g/mol. The first kappa shape index (κ1) is 16.4. The highest BCUT2D eigenvalue weighted by molar-refractivity contribution is 6.13. The van der Waals surface area contributed by atoms with Crippen LogP contribution in [0.25, 0.3) is 10.8 Å². The molecule has 1 aliphatic rings. The molecule has 1 heterocycles. The van der Waals surface area contributed by atoms with Gasteiger partial charge in [0.05, 0.1) is 24.6 Å². The van der Waals surface area contributed by atoms with E-state index in [0.29, 0.717) is 30.2 Å². The van der Waals surface area contributed by atoms with Gasteiger partial charge in [0, 0.05) is 24.3 Å². The summed E-state index contributed by atoms with van der Waals surface area (Å²) in [6.45, 7) is 3.07. The summed E-state index contributed by atoms with van der Waals surface area (Å²) in [4.78, 5) is 15.0. The molecule has 1 aliphatic heterocycles. The number of rotatable bonds is 3. The number of nitrogens with zero attached hydrogens (tertiary/aromatic N) is 1. The van der Waals surface area contributed by atoms with Crippen LogP contribution in [0, 0.1) is 0 Å². The molecular formula is C21H21N3O2. The standard InChI is InChI=1S/C21H21N3O2/c22-19-14-16(8-9-20(19)24-10-12-26-13-11-24)23-21(25)18-7-3-5-15-4-1-2-6-17(15)18/h1-9,14H,10-13,22H2,(H,23,25). The van der Waals surface area contributed by atoms with Crippen molar-refractivity contribution in [3.8, 4) is 0 Å². The summed E-state index contributed by atoms with van der Waals surface area (Å²) in [7, 11) is 0. The molecule has 3 N–H and O–H groups in total. The van der Waals surface area contributed by atoms with Gasteiger partial charge in [-0.3, -0.25) is 4.79 Å². The largest absolute Gasteiger partial charge is 0.397 e. The molecule has 0 spiro atoms. The van der Waals surface area contributed by atoms with Crippen LogP contribution in [0.5, 0.6) is 0 Å². The van der Waals surface area contributed by atoms with Gasteiger partial charge in [0.2, 0.25) is 0 Å². The van der Waals surface area contributed by atoms with Crippen molar-refractivity contribution in [2.75, 3.05) is 42.3 Å². The van der Waals surface area contributed by atoms with Crippen LogP contribution in [0.4, 0.5) is 17.1 Å². The minimum absolute atomic E-state index is 0.139. The van der Waals surface area contributed by atoms with Crippen LogP contribution < -0.4 is 16.0 Å². The number of benzene rings is 3. The second kappa shape index (κ2) is 7.06. The van der Waals surface area contributed by atoms with Gasteiger partial charge in [-0.25, -0.2) is 0 Å². The van der Waals surface area contributed by atoms with Crippen LogP contribution >= 0.6 is 0 Å². The number of anilines is 3. The summed E-state index contributed by atoms with van der Waals surface area (Å²) in [5.74, 6) is -0.139. The van der Waals surface area contributed by atoms with Gasteiger partial charge in [-0.15, -0.1) is 0 Å². The number of carbonyl (C=O) groups is 1. The molecule has 0 saturated carbocycles. The smallest absolute Gasteiger partial charge is 0.256 e. The van der Waals surface area contributed by atoms with E-state index in [1.165, 1.54) is 0 Å². The number of carbonyl (C=O) groups excluding carboxylic acids is 1. The van der Waals surface area contributed by atoms with E-state index in [2.05, 4.69) is 10.2 Å². The first-order chi connectivity index (χ1) is 12.7. The van der Waals surface area contributed by atoms with Crippen LogP contribution in [-0.4, -0.2) is 32.2 Å². The topological polar surface area (TPSA) is 67.6 Å². The van der Waals surface area contributed by atoms with Crippen LogP contribution in [0.2, 0.25) is 0 Å². The molecule has 0 radical (unpaired) electrons. The number of morpholine rings is 1. The fraction of sp³-hybridized carbons (Fsp3) is 0.190. The van der Waals surface area contributed by atoms with Crippen LogP contribution in [0.15, 0.2) is 60.7 Å². The molecule has 0 atom stereocenters. The van der Waals surface area contributed by atoms with E-state index in [1.807, 2.05) is 60.7 Å². The van der Waals surface area contributed by atoms with Crippen molar-refractivity contribution in [1.82, 2.24) is 0 Å². The molecule has 3 aromatic rings. The van der Waals surface area contributed by atoms with Crippen LogP contribution in [-0.2, 0) is 4.74 Å². The molecule has 26 heavy (non-hydrogen) atoms. The van der Waals surface area contributed by atoms with Gasteiger partial charge in [0.1, 0.15) is 0 Å². The molecule has 1 saturated heterocycles. The van der Waals surface area contributed by atoms with Crippen LogP contribution in [0.3, 0.4) is 0 Å². The number of nitrogens with one attached hydrogen (secondary N) is 1. The number of fused-ring (bicyclic) bond motifs is 1. The van der Waals surface area contributed by atoms with E-state index >= 15 is 0 Å². The van der Waals surface area contributed by atoms with Crippen molar-refractivity contribution in [3.05, 3.63) is 66.2 Å². The van der Waals surface area contributed by atoms with Gasteiger partial charge in [-0.05, 0) is 35.0 Å². The van der Waals surface area contributed by atoms with Gasteiger partial charge < -0.3 is 20.7 Å². The van der Waals surface area contributed by atoms with Gasteiger partial charge in [0.25, 0.3) is 5.91 Å². The van der Waals surface area contributed by atoms with Crippen LogP contribution in [0.1, 0.15) is 10.4 Å². The molecule has 3 aromatic carbocycles. The first-order valence-electron chi connectivity index (χ1n) is 8.74. The Kier molecular flexibility index (Phi) is 4.46. The third-order valence-corrected chi connectivity index (χ3v) is 4.67. The Morgan fingerprint density at radius 2 is 1.77 bits per heavy atom. The Hall–Kier alpha value is -3.05. The SMILES string of the molecule is Nc1cc(NC(=O)c2cccc3ccccc23)ccc1N1CCOCC1. The predicted octanol–water partition coefficient (Wildman–Crippen LogP) is 3.51. The molecule has 1 amide bonds. The maximum atomic E-state index is 12.7. The number of ether oxygens (including phenoxy) is 1. The van der Waals surface area contributed by atoms with E-state index in [-0.39, 0.29) is 5.91 Å². The summed E-state index contributed by atoms with van der Waals surface area (Å²) >= 11 is 0.